The lowest BCUT2D eigenvalue weighted by Crippen LogP contribution is -2.31. The van der Waals surface area contributed by atoms with Gasteiger partial charge < -0.3 is 24.6 Å². The average Bonchev–Trinajstić information content (AvgIpc) is 3.32. The summed E-state index contributed by atoms with van der Waals surface area (Å²) < 4.78 is 11.6. The first kappa shape index (κ1) is 17.8. The molecule has 5 aromatic rings. The van der Waals surface area contributed by atoms with Gasteiger partial charge in [0.25, 0.3) is 0 Å². The molecule has 5 rings (SSSR count). The fraction of sp³-hybridized carbons (Fsp3) is 0.167. The Labute approximate surface area is 167 Å². The summed E-state index contributed by atoms with van der Waals surface area (Å²) in [5.74, 6) is 1.59. The maximum absolute atomic E-state index is 10.2. The van der Waals surface area contributed by atoms with E-state index in [1.54, 1.807) is 0 Å². The summed E-state index contributed by atoms with van der Waals surface area (Å²) in [5.41, 5.74) is 3.01. The van der Waals surface area contributed by atoms with Crippen molar-refractivity contribution in [3.8, 4) is 5.75 Å². The molecule has 0 saturated carbocycles. The molecule has 0 radical (unpaired) electrons. The zero-order valence-electron chi connectivity index (χ0n) is 15.9. The number of H-pyrrole nitrogens is 1. The van der Waals surface area contributed by atoms with Gasteiger partial charge in [-0.15, -0.1) is 0 Å². The molecule has 0 fully saturated rings. The number of nitrogens with one attached hydrogen (secondary N) is 2. The number of hydrogen-bond donors (Lipinski definition) is 3. The molecule has 3 N–H and O–H groups in total. The molecule has 0 aliphatic rings. The summed E-state index contributed by atoms with van der Waals surface area (Å²) >= 11 is 0. The zero-order chi connectivity index (χ0) is 19.6. The molecule has 1 atom stereocenters. The predicted molar refractivity (Wildman–Crippen MR) is 115 cm³/mol. The lowest BCUT2D eigenvalue weighted by Gasteiger charge is -2.13. The van der Waals surface area contributed by atoms with Crippen molar-refractivity contribution in [3.63, 3.8) is 0 Å². The normalized spacial score (nSPS) is 12.7. The Kier molecular flexibility index (Phi) is 4.68. The van der Waals surface area contributed by atoms with Crippen LogP contribution in [-0.2, 0) is 6.54 Å². The summed E-state index contributed by atoms with van der Waals surface area (Å²) in [6.07, 6.45) is -0.613. The quantitative estimate of drug-likeness (QED) is 0.382. The monoisotopic (exact) mass is 386 g/mol. The Morgan fingerprint density at radius 2 is 1.76 bits per heavy atom. The topological polar surface area (TPSA) is 70.4 Å². The van der Waals surface area contributed by atoms with Crippen LogP contribution in [0, 0.1) is 0 Å². The van der Waals surface area contributed by atoms with Gasteiger partial charge in [0.05, 0.1) is 12.1 Å². The molecule has 0 aliphatic heterocycles. The Morgan fingerprint density at radius 1 is 0.931 bits per heavy atom. The molecule has 2 heterocycles. The van der Waals surface area contributed by atoms with Crippen LogP contribution in [0.2, 0.25) is 0 Å². The van der Waals surface area contributed by atoms with Crippen LogP contribution < -0.4 is 10.1 Å². The van der Waals surface area contributed by atoms with Crippen LogP contribution in [0.4, 0.5) is 0 Å². The number of aliphatic hydroxyl groups excluding tert-OH is 1. The highest BCUT2D eigenvalue weighted by Crippen LogP contribution is 2.28. The summed E-state index contributed by atoms with van der Waals surface area (Å²) in [6.45, 7) is 1.21. The third-order valence-corrected chi connectivity index (χ3v) is 5.08. The van der Waals surface area contributed by atoms with E-state index in [9.17, 15) is 5.11 Å². The Bertz CT molecular complexity index is 1240. The number of hydrogen-bond acceptors (Lipinski definition) is 4. The van der Waals surface area contributed by atoms with Gasteiger partial charge in [0.2, 0.25) is 0 Å². The predicted octanol–water partition coefficient (Wildman–Crippen LogP) is 4.60. The van der Waals surface area contributed by atoms with Crippen molar-refractivity contribution in [2.75, 3.05) is 13.2 Å². The van der Waals surface area contributed by atoms with Crippen molar-refractivity contribution in [2.24, 2.45) is 0 Å². The van der Waals surface area contributed by atoms with Crippen LogP contribution in [0.5, 0.6) is 5.75 Å². The standard InChI is InChI=1S/C24H22N2O3/c27-17(13-25-14-19-11-16-5-1-4-8-24(16)29-19)15-28-18-9-10-21-20-6-2-3-7-22(20)26-23(21)12-18/h1-12,17,25-27H,13-15H2. The number of furan rings is 1. The number of benzene rings is 3. The van der Waals surface area contributed by atoms with Gasteiger partial charge in [-0.25, -0.2) is 0 Å². The molecule has 5 heteroatoms. The lowest BCUT2D eigenvalue weighted by molar-refractivity contribution is 0.106. The third-order valence-electron chi connectivity index (χ3n) is 5.08. The first-order valence-corrected chi connectivity index (χ1v) is 9.76. The SMILES string of the molecule is OC(CNCc1cc2ccccc2o1)COc1ccc2c(c1)[nH]c1ccccc12. The van der Waals surface area contributed by atoms with Gasteiger partial charge in [0.15, 0.2) is 0 Å². The number of aromatic nitrogens is 1. The Hall–Kier alpha value is -3.28. The van der Waals surface area contributed by atoms with Gasteiger partial charge in [-0.1, -0.05) is 36.4 Å². The molecule has 2 aromatic heterocycles. The number of ether oxygens (including phenoxy) is 1. The molecule has 0 saturated heterocycles. The van der Waals surface area contributed by atoms with Crippen LogP contribution in [-0.4, -0.2) is 29.3 Å². The summed E-state index contributed by atoms with van der Waals surface area (Å²) in [6, 6.07) is 24.1. The second-order valence-corrected chi connectivity index (χ2v) is 7.22. The number of aliphatic hydroxyl groups is 1. The van der Waals surface area contributed by atoms with E-state index in [0.29, 0.717) is 13.1 Å². The van der Waals surface area contributed by atoms with Crippen molar-refractivity contribution >= 4 is 32.8 Å². The van der Waals surface area contributed by atoms with E-state index >= 15 is 0 Å². The first-order chi connectivity index (χ1) is 14.3. The van der Waals surface area contributed by atoms with Crippen molar-refractivity contribution in [1.82, 2.24) is 10.3 Å². The smallest absolute Gasteiger partial charge is 0.134 e. The third kappa shape index (κ3) is 3.70. The summed E-state index contributed by atoms with van der Waals surface area (Å²) in [5, 5.41) is 16.9. The maximum atomic E-state index is 10.2. The molecule has 1 unspecified atom stereocenters. The van der Waals surface area contributed by atoms with Crippen LogP contribution in [0.25, 0.3) is 32.8 Å². The highest BCUT2D eigenvalue weighted by Gasteiger charge is 2.09. The number of fused-ring (bicyclic) bond motifs is 4. The van der Waals surface area contributed by atoms with Crippen molar-refractivity contribution in [3.05, 3.63) is 78.6 Å². The summed E-state index contributed by atoms with van der Waals surface area (Å²) in [4.78, 5) is 3.40. The van der Waals surface area contributed by atoms with E-state index < -0.39 is 6.10 Å². The second kappa shape index (κ2) is 7.62. The van der Waals surface area contributed by atoms with Gasteiger partial charge >= 0.3 is 0 Å². The maximum Gasteiger partial charge on any atom is 0.134 e. The van der Waals surface area contributed by atoms with E-state index in [0.717, 1.165) is 33.5 Å². The minimum absolute atomic E-state index is 0.221. The molecule has 0 spiro atoms. The van der Waals surface area contributed by atoms with Crippen LogP contribution in [0.15, 0.2) is 77.2 Å². The first-order valence-electron chi connectivity index (χ1n) is 9.76. The molecule has 146 valence electrons. The molecule has 3 aromatic carbocycles. The number of aromatic amines is 1. The Morgan fingerprint density at radius 3 is 2.69 bits per heavy atom. The average molecular weight is 386 g/mol. The molecular formula is C24H22N2O3. The van der Waals surface area contributed by atoms with E-state index in [1.807, 2.05) is 54.6 Å². The highest BCUT2D eigenvalue weighted by molar-refractivity contribution is 6.07. The fourth-order valence-corrected chi connectivity index (χ4v) is 3.66. The van der Waals surface area contributed by atoms with Crippen molar-refractivity contribution in [1.29, 1.82) is 0 Å². The van der Waals surface area contributed by atoms with E-state index in [4.69, 9.17) is 9.15 Å². The van der Waals surface area contributed by atoms with Gasteiger partial charge in [0.1, 0.15) is 29.8 Å². The highest BCUT2D eigenvalue weighted by atomic mass is 16.5. The number of para-hydroxylation sites is 2. The van der Waals surface area contributed by atoms with E-state index in [2.05, 4.69) is 28.5 Å². The van der Waals surface area contributed by atoms with E-state index in [1.165, 1.54) is 10.8 Å². The minimum Gasteiger partial charge on any atom is -0.491 e. The molecule has 0 bridgehead atoms. The van der Waals surface area contributed by atoms with Crippen LogP contribution in [0.1, 0.15) is 5.76 Å². The number of rotatable bonds is 7. The molecular weight excluding hydrogens is 364 g/mol. The largest absolute Gasteiger partial charge is 0.491 e. The molecule has 0 amide bonds. The van der Waals surface area contributed by atoms with Crippen LogP contribution >= 0.6 is 0 Å². The summed E-state index contributed by atoms with van der Waals surface area (Å²) in [7, 11) is 0. The zero-order valence-corrected chi connectivity index (χ0v) is 15.9. The molecule has 29 heavy (non-hydrogen) atoms. The van der Waals surface area contributed by atoms with E-state index in [-0.39, 0.29) is 6.61 Å². The van der Waals surface area contributed by atoms with Crippen LogP contribution in [0.3, 0.4) is 0 Å². The van der Waals surface area contributed by atoms with Gasteiger partial charge in [-0.05, 0) is 30.3 Å². The lowest BCUT2D eigenvalue weighted by atomic mass is 10.1. The van der Waals surface area contributed by atoms with Crippen molar-refractivity contribution in [2.45, 2.75) is 12.6 Å². The van der Waals surface area contributed by atoms with Crippen molar-refractivity contribution < 1.29 is 14.3 Å². The second-order valence-electron chi connectivity index (χ2n) is 7.22. The van der Waals surface area contributed by atoms with Gasteiger partial charge in [-0.3, -0.25) is 0 Å². The fourth-order valence-electron chi connectivity index (χ4n) is 3.66. The van der Waals surface area contributed by atoms with Gasteiger partial charge in [-0.2, -0.15) is 0 Å². The molecule has 5 nitrogen and oxygen atoms in total. The Balaban J connectivity index is 1.16. The van der Waals surface area contributed by atoms with Gasteiger partial charge in [0, 0.05) is 34.3 Å². The molecule has 0 aliphatic carbocycles. The minimum atomic E-state index is -0.613.